The molecule has 0 aromatic heterocycles. The van der Waals surface area contributed by atoms with Gasteiger partial charge in [0.15, 0.2) is 0 Å². The maximum atomic E-state index is 5.81. The van der Waals surface area contributed by atoms with Gasteiger partial charge in [-0.1, -0.05) is 0 Å². The third-order valence-electron chi connectivity index (χ3n) is 2.78. The van der Waals surface area contributed by atoms with Crippen LogP contribution in [-0.2, 0) is 4.74 Å². The molecule has 3 rings (SSSR count). The summed E-state index contributed by atoms with van der Waals surface area (Å²) in [5.74, 6) is 1.63. The van der Waals surface area contributed by atoms with Crippen LogP contribution in [0.2, 0.25) is 0 Å². The molecule has 0 amide bonds. The summed E-state index contributed by atoms with van der Waals surface area (Å²) >= 11 is 0. The van der Waals surface area contributed by atoms with Crippen LogP contribution < -0.4 is 5.32 Å². The van der Waals surface area contributed by atoms with Gasteiger partial charge in [0.1, 0.15) is 0 Å². The van der Waals surface area contributed by atoms with Gasteiger partial charge in [-0.25, -0.2) is 0 Å². The number of hydrogen-bond donors (Lipinski definition) is 1. The third kappa shape index (κ3) is 1.30. The van der Waals surface area contributed by atoms with Crippen molar-refractivity contribution in [2.24, 2.45) is 11.8 Å². The molecule has 0 aromatic rings. The molecule has 2 heteroatoms. The highest BCUT2D eigenvalue weighted by molar-refractivity contribution is 4.97. The van der Waals surface area contributed by atoms with Crippen molar-refractivity contribution in [2.45, 2.75) is 32.5 Å². The summed E-state index contributed by atoms with van der Waals surface area (Å²) in [7, 11) is 0. The fourth-order valence-corrected chi connectivity index (χ4v) is 2.24. The molecule has 1 saturated carbocycles. The van der Waals surface area contributed by atoms with Gasteiger partial charge in [-0.05, 0) is 32.1 Å². The lowest BCUT2D eigenvalue weighted by atomic mass is 9.69. The number of piperidine rings is 2. The molecule has 11 heavy (non-hydrogen) atoms. The quantitative estimate of drug-likeness (QED) is 0.643. The largest absolute Gasteiger partial charge is 0.375 e. The fraction of sp³-hybridized carbons (Fsp3) is 1.00. The van der Waals surface area contributed by atoms with Gasteiger partial charge in [0.25, 0.3) is 0 Å². The van der Waals surface area contributed by atoms with Gasteiger partial charge in [0.2, 0.25) is 0 Å². The topological polar surface area (TPSA) is 21.3 Å². The molecule has 1 N–H and O–H groups in total. The maximum Gasteiger partial charge on any atom is 0.0659 e. The lowest BCUT2D eigenvalue weighted by molar-refractivity contribution is -0.133. The standard InChI is InChI=1S/C9H17NO/c1-6(2)11-9-7-3-8(9)5-10-4-7/h6-10H,3-5H2,1-2H3. The highest BCUT2D eigenvalue weighted by Gasteiger charge is 2.44. The molecule has 3 aliphatic rings. The van der Waals surface area contributed by atoms with Crippen LogP contribution in [0.25, 0.3) is 0 Å². The first-order valence-electron chi connectivity index (χ1n) is 4.63. The minimum absolute atomic E-state index is 0.406. The first kappa shape index (κ1) is 7.56. The molecule has 0 spiro atoms. The molecule has 0 radical (unpaired) electrons. The van der Waals surface area contributed by atoms with E-state index in [0.29, 0.717) is 12.2 Å². The van der Waals surface area contributed by atoms with E-state index < -0.39 is 0 Å². The predicted molar refractivity (Wildman–Crippen MR) is 44.5 cm³/mol. The van der Waals surface area contributed by atoms with Gasteiger partial charge in [-0.2, -0.15) is 0 Å². The van der Waals surface area contributed by atoms with E-state index in [-0.39, 0.29) is 0 Å². The van der Waals surface area contributed by atoms with Gasteiger partial charge >= 0.3 is 0 Å². The van der Waals surface area contributed by atoms with E-state index in [2.05, 4.69) is 19.2 Å². The van der Waals surface area contributed by atoms with E-state index in [1.54, 1.807) is 0 Å². The summed E-state index contributed by atoms with van der Waals surface area (Å²) in [6.07, 6.45) is 2.38. The summed E-state index contributed by atoms with van der Waals surface area (Å²) in [6.45, 7) is 6.60. The molecule has 2 bridgehead atoms. The number of hydrogen-bond acceptors (Lipinski definition) is 2. The Morgan fingerprint density at radius 3 is 2.36 bits per heavy atom. The Morgan fingerprint density at radius 1 is 1.27 bits per heavy atom. The zero-order chi connectivity index (χ0) is 7.84. The number of ether oxygens (including phenoxy) is 1. The minimum atomic E-state index is 0.406. The zero-order valence-corrected chi connectivity index (χ0v) is 7.34. The van der Waals surface area contributed by atoms with Crippen LogP contribution >= 0.6 is 0 Å². The average molecular weight is 155 g/mol. The molecule has 2 aliphatic heterocycles. The molecule has 2 unspecified atom stereocenters. The van der Waals surface area contributed by atoms with Crippen molar-refractivity contribution in [3.63, 3.8) is 0 Å². The summed E-state index contributed by atoms with van der Waals surface area (Å²) in [5.41, 5.74) is 0. The van der Waals surface area contributed by atoms with Crippen molar-refractivity contribution in [1.82, 2.24) is 5.32 Å². The van der Waals surface area contributed by atoms with Crippen molar-refractivity contribution in [3.8, 4) is 0 Å². The summed E-state index contributed by atoms with van der Waals surface area (Å²) in [5, 5.41) is 3.41. The Morgan fingerprint density at radius 2 is 1.91 bits per heavy atom. The fourth-order valence-electron chi connectivity index (χ4n) is 2.24. The number of fused-ring (bicyclic) bond motifs is 2. The van der Waals surface area contributed by atoms with Gasteiger partial charge in [-0.15, -0.1) is 0 Å². The van der Waals surface area contributed by atoms with E-state index in [4.69, 9.17) is 4.74 Å². The van der Waals surface area contributed by atoms with Crippen molar-refractivity contribution in [3.05, 3.63) is 0 Å². The monoisotopic (exact) mass is 155 g/mol. The Labute approximate surface area is 68.3 Å². The average Bonchev–Trinajstić information content (AvgIpc) is 2.01. The Balaban J connectivity index is 1.86. The van der Waals surface area contributed by atoms with Crippen LogP contribution in [0.1, 0.15) is 20.3 Å². The first-order chi connectivity index (χ1) is 5.27. The van der Waals surface area contributed by atoms with Gasteiger partial charge in [0.05, 0.1) is 12.2 Å². The van der Waals surface area contributed by atoms with E-state index in [0.717, 1.165) is 11.8 Å². The molecule has 2 heterocycles. The molecule has 1 aliphatic carbocycles. The molecule has 2 atom stereocenters. The normalized spacial score (nSPS) is 42.3. The van der Waals surface area contributed by atoms with Crippen LogP contribution in [0.4, 0.5) is 0 Å². The lowest BCUT2D eigenvalue weighted by Crippen LogP contribution is -2.58. The van der Waals surface area contributed by atoms with Gasteiger partial charge in [-0.3, -0.25) is 0 Å². The molecule has 3 fully saturated rings. The Kier molecular flexibility index (Phi) is 1.90. The summed E-state index contributed by atoms with van der Waals surface area (Å²) < 4.78 is 5.81. The van der Waals surface area contributed by atoms with E-state index in [9.17, 15) is 0 Å². The molecular weight excluding hydrogens is 138 g/mol. The van der Waals surface area contributed by atoms with E-state index in [1.807, 2.05) is 0 Å². The third-order valence-corrected chi connectivity index (χ3v) is 2.78. The van der Waals surface area contributed by atoms with Crippen LogP contribution in [0, 0.1) is 11.8 Å². The Bertz CT molecular complexity index is 132. The molecule has 2 nitrogen and oxygen atoms in total. The van der Waals surface area contributed by atoms with Gasteiger partial charge < -0.3 is 10.1 Å². The smallest absolute Gasteiger partial charge is 0.0659 e. The SMILES string of the molecule is CC(C)OC1C2CNCC1C2. The minimum Gasteiger partial charge on any atom is -0.375 e. The van der Waals surface area contributed by atoms with E-state index >= 15 is 0 Å². The first-order valence-corrected chi connectivity index (χ1v) is 4.63. The van der Waals surface area contributed by atoms with Crippen molar-refractivity contribution in [2.75, 3.05) is 13.1 Å². The number of nitrogens with one attached hydrogen (secondary N) is 1. The highest BCUT2D eigenvalue weighted by Crippen LogP contribution is 2.39. The maximum absolute atomic E-state index is 5.81. The number of rotatable bonds is 2. The summed E-state index contributed by atoms with van der Waals surface area (Å²) in [4.78, 5) is 0. The predicted octanol–water partition coefficient (Wildman–Crippen LogP) is 1.02. The molecule has 2 saturated heterocycles. The molecule has 0 aromatic carbocycles. The second-order valence-electron chi connectivity index (χ2n) is 4.06. The van der Waals surface area contributed by atoms with Gasteiger partial charge in [0, 0.05) is 13.1 Å². The van der Waals surface area contributed by atoms with Crippen molar-refractivity contribution < 1.29 is 4.74 Å². The zero-order valence-electron chi connectivity index (χ0n) is 7.34. The van der Waals surface area contributed by atoms with Crippen LogP contribution in [0.15, 0.2) is 0 Å². The van der Waals surface area contributed by atoms with Crippen LogP contribution in [0.5, 0.6) is 0 Å². The van der Waals surface area contributed by atoms with Crippen molar-refractivity contribution >= 4 is 0 Å². The Hall–Kier alpha value is -0.0800. The molecule has 64 valence electrons. The van der Waals surface area contributed by atoms with Crippen LogP contribution in [-0.4, -0.2) is 25.3 Å². The molecular formula is C9H17NO. The second kappa shape index (κ2) is 2.76. The van der Waals surface area contributed by atoms with E-state index in [1.165, 1.54) is 19.5 Å². The summed E-state index contributed by atoms with van der Waals surface area (Å²) in [6, 6.07) is 0. The lowest BCUT2D eigenvalue weighted by Gasteiger charge is -2.49. The van der Waals surface area contributed by atoms with Crippen LogP contribution in [0.3, 0.4) is 0 Å². The highest BCUT2D eigenvalue weighted by atomic mass is 16.5. The second-order valence-corrected chi connectivity index (χ2v) is 4.06. The van der Waals surface area contributed by atoms with Crippen molar-refractivity contribution in [1.29, 1.82) is 0 Å².